The van der Waals surface area contributed by atoms with Gasteiger partial charge in [0.1, 0.15) is 0 Å². The van der Waals surface area contributed by atoms with Crippen LogP contribution in [0.3, 0.4) is 0 Å². The Labute approximate surface area is 163 Å². The summed E-state index contributed by atoms with van der Waals surface area (Å²) in [7, 11) is 0. The molecule has 140 valence electrons. The summed E-state index contributed by atoms with van der Waals surface area (Å²) >= 11 is -3.17. The molecule has 0 amide bonds. The first-order valence-corrected chi connectivity index (χ1v) is 16.4. The van der Waals surface area contributed by atoms with Gasteiger partial charge >= 0.3 is 163 Å². The molecule has 2 aromatic carbocycles. The van der Waals surface area contributed by atoms with E-state index in [-0.39, 0.29) is 6.04 Å². The SMILES string of the molecule is CCC[CH2][Sn]1([CH2]CCC)[O]CC(c2ccccc2)Nc2ccccc2[O]1. The predicted octanol–water partition coefficient (Wildman–Crippen LogP) is 6.29. The molecule has 3 nitrogen and oxygen atoms in total. The number of hydrogen-bond acceptors (Lipinski definition) is 3. The van der Waals surface area contributed by atoms with Crippen molar-refractivity contribution in [3.8, 4) is 5.75 Å². The van der Waals surface area contributed by atoms with Crippen LogP contribution < -0.4 is 8.39 Å². The molecule has 1 N–H and O–H groups in total. The van der Waals surface area contributed by atoms with Crippen LogP contribution >= 0.6 is 0 Å². The van der Waals surface area contributed by atoms with Crippen molar-refractivity contribution in [3.05, 3.63) is 60.2 Å². The second-order valence-corrected chi connectivity index (χ2v) is 16.6. The zero-order chi connectivity index (χ0) is 18.2. The van der Waals surface area contributed by atoms with Crippen LogP contribution in [0, 0.1) is 0 Å². The van der Waals surface area contributed by atoms with Crippen LogP contribution in [0.25, 0.3) is 0 Å². The number of para-hydroxylation sites is 2. The average Bonchev–Trinajstić information content (AvgIpc) is 2.68. The molecule has 1 heterocycles. The minimum atomic E-state index is -3.17. The molecule has 4 heteroatoms. The van der Waals surface area contributed by atoms with Crippen LogP contribution in [0.1, 0.15) is 51.1 Å². The molecule has 0 radical (unpaired) electrons. The maximum absolute atomic E-state index is 6.74. The molecular weight excluding hydrogens is 429 g/mol. The van der Waals surface area contributed by atoms with Crippen molar-refractivity contribution in [1.82, 2.24) is 0 Å². The molecule has 0 spiro atoms. The Morgan fingerprint density at radius 1 is 0.923 bits per heavy atom. The number of benzene rings is 2. The molecule has 26 heavy (non-hydrogen) atoms. The van der Waals surface area contributed by atoms with Crippen molar-refractivity contribution in [2.45, 2.75) is 54.4 Å². The minimum absolute atomic E-state index is 0.167. The monoisotopic (exact) mass is 461 g/mol. The molecule has 1 aliphatic heterocycles. The first kappa shape index (κ1) is 19.6. The van der Waals surface area contributed by atoms with Crippen molar-refractivity contribution < 1.29 is 6.15 Å². The summed E-state index contributed by atoms with van der Waals surface area (Å²) in [5.41, 5.74) is 2.37. The molecule has 0 bridgehead atoms. The molecule has 1 unspecified atom stereocenters. The van der Waals surface area contributed by atoms with Gasteiger partial charge in [-0.1, -0.05) is 0 Å². The van der Waals surface area contributed by atoms with Crippen molar-refractivity contribution in [3.63, 3.8) is 0 Å². The van der Waals surface area contributed by atoms with E-state index in [0.29, 0.717) is 6.61 Å². The molecular formula is C22H31NO2Sn. The van der Waals surface area contributed by atoms with Crippen molar-refractivity contribution >= 4 is 24.9 Å². The van der Waals surface area contributed by atoms with Gasteiger partial charge in [0.15, 0.2) is 0 Å². The molecule has 3 rings (SSSR count). The van der Waals surface area contributed by atoms with Gasteiger partial charge in [0, 0.05) is 0 Å². The van der Waals surface area contributed by atoms with Gasteiger partial charge in [-0.25, -0.2) is 0 Å². The molecule has 0 fully saturated rings. The zero-order valence-electron chi connectivity index (χ0n) is 16.0. The third-order valence-corrected chi connectivity index (χ3v) is 15.1. The summed E-state index contributed by atoms with van der Waals surface area (Å²) < 4.78 is 15.7. The van der Waals surface area contributed by atoms with Crippen LogP contribution in [0.4, 0.5) is 5.69 Å². The quantitative estimate of drug-likeness (QED) is 0.493. The second kappa shape index (κ2) is 9.65. The van der Waals surface area contributed by atoms with Gasteiger partial charge in [0.25, 0.3) is 0 Å². The summed E-state index contributed by atoms with van der Waals surface area (Å²) in [6.07, 6.45) is 4.79. The molecule has 0 saturated heterocycles. The molecule has 2 aromatic rings. The predicted molar refractivity (Wildman–Crippen MR) is 111 cm³/mol. The first-order chi connectivity index (χ1) is 12.8. The van der Waals surface area contributed by atoms with Crippen LogP contribution in [0.15, 0.2) is 54.6 Å². The number of nitrogens with one attached hydrogen (secondary N) is 1. The molecule has 0 aliphatic carbocycles. The van der Waals surface area contributed by atoms with E-state index < -0.39 is 19.2 Å². The number of anilines is 1. The van der Waals surface area contributed by atoms with E-state index in [4.69, 9.17) is 6.15 Å². The number of unbranched alkanes of at least 4 members (excludes halogenated alkanes) is 2. The van der Waals surface area contributed by atoms with Gasteiger partial charge in [-0.15, -0.1) is 0 Å². The Kier molecular flexibility index (Phi) is 7.26. The molecule has 1 aliphatic rings. The molecule has 0 aromatic heterocycles. The fourth-order valence-electron chi connectivity index (χ4n) is 3.50. The van der Waals surface area contributed by atoms with Gasteiger partial charge in [0.05, 0.1) is 0 Å². The summed E-state index contributed by atoms with van der Waals surface area (Å²) in [5.74, 6) is 0.983. The second-order valence-electron chi connectivity index (χ2n) is 7.13. The molecule has 1 atom stereocenters. The first-order valence-electron chi connectivity index (χ1n) is 10.00. The summed E-state index contributed by atoms with van der Waals surface area (Å²) in [4.78, 5) is 0. The topological polar surface area (TPSA) is 30.5 Å². The number of rotatable bonds is 7. The average molecular weight is 460 g/mol. The Morgan fingerprint density at radius 2 is 1.58 bits per heavy atom. The van der Waals surface area contributed by atoms with E-state index >= 15 is 0 Å². The normalized spacial score (nSPS) is 18.8. The van der Waals surface area contributed by atoms with Gasteiger partial charge in [-0.05, 0) is 0 Å². The fraction of sp³-hybridized carbons (Fsp3) is 0.455. The maximum atomic E-state index is 6.74. The summed E-state index contributed by atoms with van der Waals surface area (Å²) in [6.45, 7) is 5.21. The Balaban J connectivity index is 1.94. The van der Waals surface area contributed by atoms with Crippen molar-refractivity contribution in [1.29, 1.82) is 0 Å². The molecule has 0 saturated carbocycles. The number of hydrogen-bond donors (Lipinski definition) is 1. The van der Waals surface area contributed by atoms with Gasteiger partial charge in [0.2, 0.25) is 0 Å². The van der Waals surface area contributed by atoms with E-state index in [1.165, 1.54) is 31.2 Å². The van der Waals surface area contributed by atoms with E-state index in [1.807, 2.05) is 0 Å². The van der Waals surface area contributed by atoms with Crippen LogP contribution in [-0.2, 0) is 3.07 Å². The summed E-state index contributed by atoms with van der Waals surface area (Å²) in [5, 5.41) is 3.65. The van der Waals surface area contributed by atoms with E-state index in [1.54, 1.807) is 0 Å². The van der Waals surface area contributed by atoms with Gasteiger partial charge in [-0.2, -0.15) is 0 Å². The van der Waals surface area contributed by atoms with Gasteiger partial charge in [-0.3, -0.25) is 0 Å². The van der Waals surface area contributed by atoms with Crippen molar-refractivity contribution in [2.24, 2.45) is 0 Å². The van der Waals surface area contributed by atoms with Crippen LogP contribution in [-0.4, -0.2) is 25.8 Å². The van der Waals surface area contributed by atoms with Gasteiger partial charge < -0.3 is 0 Å². The third kappa shape index (κ3) is 4.95. The Bertz CT molecular complexity index is 669. The number of fused-ring (bicyclic) bond motifs is 1. The van der Waals surface area contributed by atoms with Crippen LogP contribution in [0.5, 0.6) is 5.75 Å². The van der Waals surface area contributed by atoms with Crippen LogP contribution in [0.2, 0.25) is 8.87 Å². The van der Waals surface area contributed by atoms with Crippen molar-refractivity contribution in [2.75, 3.05) is 11.9 Å². The van der Waals surface area contributed by atoms with E-state index in [9.17, 15) is 0 Å². The Morgan fingerprint density at radius 3 is 2.27 bits per heavy atom. The summed E-state index contributed by atoms with van der Waals surface area (Å²) in [6, 6.07) is 19.2. The zero-order valence-corrected chi connectivity index (χ0v) is 18.9. The third-order valence-electron chi connectivity index (χ3n) is 5.05. The standard InChI is InChI=1S/C14H14NO2.2C4H9.Sn/c16-10-13(11-6-2-1-3-7-11)15-12-8-4-5-9-14(12)17;2*1-3-4-2;/h1-9,13,15,17H,10H2;2*1,3-4H2,2H3;/q-1;;;+2/p-1. The Hall–Kier alpha value is -1.20. The fourth-order valence-corrected chi connectivity index (χ4v) is 13.9. The van der Waals surface area contributed by atoms with E-state index in [0.717, 1.165) is 20.3 Å². The van der Waals surface area contributed by atoms with E-state index in [2.05, 4.69) is 73.8 Å².